The molecule has 0 fully saturated rings. The Balaban J connectivity index is 1.73. The predicted octanol–water partition coefficient (Wildman–Crippen LogP) is 5.00. The molecule has 31 heavy (non-hydrogen) atoms. The van der Waals surface area contributed by atoms with Crippen molar-refractivity contribution >= 4 is 39.6 Å². The van der Waals surface area contributed by atoms with Gasteiger partial charge in [0.05, 0.1) is 24.1 Å². The smallest absolute Gasteiger partial charge is 0.273 e. The molecule has 2 amide bonds. The Morgan fingerprint density at radius 3 is 2.55 bits per heavy atom. The van der Waals surface area contributed by atoms with Crippen molar-refractivity contribution in [3.8, 4) is 5.75 Å². The van der Waals surface area contributed by atoms with E-state index in [-0.39, 0.29) is 11.5 Å². The number of nitrogens with one attached hydrogen (secondary N) is 2. The Labute approximate surface area is 187 Å². The number of nitrogens with zero attached hydrogens (tertiary/aromatic N) is 1. The molecule has 0 unspecified atom stereocenters. The van der Waals surface area contributed by atoms with Crippen LogP contribution < -0.4 is 15.5 Å². The number of anilines is 1. The fraction of sp³-hybridized carbons (Fsp3) is 0.0870. The van der Waals surface area contributed by atoms with Crippen molar-refractivity contribution in [3.05, 3.63) is 93.7 Å². The summed E-state index contributed by atoms with van der Waals surface area (Å²) in [6, 6.07) is 17.4. The van der Waals surface area contributed by atoms with E-state index in [1.165, 1.54) is 18.3 Å². The van der Waals surface area contributed by atoms with Gasteiger partial charge in [-0.1, -0.05) is 28.1 Å². The number of ether oxygens (including phenoxy) is 1. The maximum atomic E-state index is 13.2. The van der Waals surface area contributed by atoms with E-state index in [0.29, 0.717) is 33.6 Å². The summed E-state index contributed by atoms with van der Waals surface area (Å²) in [4.78, 5) is 25.2. The third-order valence-electron chi connectivity index (χ3n) is 4.13. The van der Waals surface area contributed by atoms with Crippen LogP contribution in [0.2, 0.25) is 0 Å². The quantitative estimate of drug-likeness (QED) is 0.366. The van der Waals surface area contributed by atoms with Crippen LogP contribution in [0.15, 0.2) is 76.3 Å². The molecule has 158 valence electrons. The molecule has 0 heterocycles. The van der Waals surface area contributed by atoms with Crippen LogP contribution in [0.4, 0.5) is 10.1 Å². The molecule has 0 saturated carbocycles. The molecule has 3 aromatic rings. The van der Waals surface area contributed by atoms with Crippen molar-refractivity contribution in [1.29, 1.82) is 0 Å². The standard InChI is InChI=1S/C23H19BrFN3O3/c1-2-31-19-9-6-16(7-10-19)22(29)27-21-11-8-17(24)13-20(21)23(30)28-26-14-15-4-3-5-18(25)12-15/h3-14H,2H2,1H3,(H,27,29)(H,28,30)/b26-14+. The summed E-state index contributed by atoms with van der Waals surface area (Å²) in [7, 11) is 0. The zero-order valence-corrected chi connectivity index (χ0v) is 18.1. The van der Waals surface area contributed by atoms with Crippen LogP contribution in [0.3, 0.4) is 0 Å². The normalized spacial score (nSPS) is 10.7. The van der Waals surface area contributed by atoms with Crippen molar-refractivity contribution in [1.82, 2.24) is 5.43 Å². The van der Waals surface area contributed by atoms with Gasteiger partial charge in [-0.05, 0) is 67.1 Å². The molecule has 0 spiro atoms. The molecule has 8 heteroatoms. The summed E-state index contributed by atoms with van der Waals surface area (Å²) in [6.45, 7) is 2.41. The van der Waals surface area contributed by atoms with Gasteiger partial charge in [0.2, 0.25) is 0 Å². The summed E-state index contributed by atoms with van der Waals surface area (Å²) >= 11 is 3.32. The second-order valence-electron chi connectivity index (χ2n) is 6.36. The highest BCUT2D eigenvalue weighted by Crippen LogP contribution is 2.22. The number of hydrogen-bond donors (Lipinski definition) is 2. The summed E-state index contributed by atoms with van der Waals surface area (Å²) in [5.74, 6) is -0.640. The molecule has 3 rings (SSSR count). The molecule has 2 N–H and O–H groups in total. The van der Waals surface area contributed by atoms with E-state index < -0.39 is 11.7 Å². The number of carbonyl (C=O) groups excluding carboxylic acids is 2. The molecular weight excluding hydrogens is 465 g/mol. The lowest BCUT2D eigenvalue weighted by molar-refractivity contribution is 0.0956. The van der Waals surface area contributed by atoms with Gasteiger partial charge in [0.25, 0.3) is 11.8 Å². The summed E-state index contributed by atoms with van der Waals surface area (Å²) in [5, 5.41) is 6.60. The molecule has 0 radical (unpaired) electrons. The fourth-order valence-electron chi connectivity index (χ4n) is 2.69. The van der Waals surface area contributed by atoms with Crippen molar-refractivity contribution in [2.45, 2.75) is 6.92 Å². The van der Waals surface area contributed by atoms with Gasteiger partial charge in [0.1, 0.15) is 11.6 Å². The number of halogens is 2. The predicted molar refractivity (Wildman–Crippen MR) is 121 cm³/mol. The Morgan fingerprint density at radius 2 is 1.84 bits per heavy atom. The second kappa shape index (κ2) is 10.5. The first kappa shape index (κ1) is 22.2. The monoisotopic (exact) mass is 483 g/mol. The van der Waals surface area contributed by atoms with Crippen molar-refractivity contribution in [3.63, 3.8) is 0 Å². The SMILES string of the molecule is CCOc1ccc(C(=O)Nc2ccc(Br)cc2C(=O)N/N=C/c2cccc(F)c2)cc1. The Bertz CT molecular complexity index is 1120. The Hall–Kier alpha value is -3.52. The van der Waals surface area contributed by atoms with Crippen LogP contribution in [0, 0.1) is 5.82 Å². The van der Waals surface area contributed by atoms with Gasteiger partial charge in [-0.2, -0.15) is 5.10 Å². The second-order valence-corrected chi connectivity index (χ2v) is 7.27. The van der Waals surface area contributed by atoms with Gasteiger partial charge in [-0.15, -0.1) is 0 Å². The maximum absolute atomic E-state index is 13.2. The highest BCUT2D eigenvalue weighted by molar-refractivity contribution is 9.10. The maximum Gasteiger partial charge on any atom is 0.273 e. The third-order valence-corrected chi connectivity index (χ3v) is 4.62. The van der Waals surface area contributed by atoms with E-state index in [1.54, 1.807) is 54.6 Å². The first-order valence-electron chi connectivity index (χ1n) is 9.39. The van der Waals surface area contributed by atoms with Gasteiger partial charge < -0.3 is 10.1 Å². The number of hydrazone groups is 1. The minimum atomic E-state index is -0.532. The van der Waals surface area contributed by atoms with Crippen LogP contribution >= 0.6 is 15.9 Å². The zero-order valence-electron chi connectivity index (χ0n) is 16.6. The lowest BCUT2D eigenvalue weighted by Gasteiger charge is -2.11. The fourth-order valence-corrected chi connectivity index (χ4v) is 3.05. The number of carbonyl (C=O) groups is 2. The molecule has 0 saturated heterocycles. The molecule has 0 aliphatic carbocycles. The zero-order chi connectivity index (χ0) is 22.2. The first-order valence-corrected chi connectivity index (χ1v) is 10.2. The number of benzene rings is 3. The van der Waals surface area contributed by atoms with Crippen LogP contribution in [0.25, 0.3) is 0 Å². The van der Waals surface area contributed by atoms with Gasteiger partial charge >= 0.3 is 0 Å². The summed E-state index contributed by atoms with van der Waals surface area (Å²) in [5.41, 5.74) is 3.84. The van der Waals surface area contributed by atoms with E-state index >= 15 is 0 Å². The topological polar surface area (TPSA) is 79.8 Å². The number of amides is 2. The Morgan fingerprint density at radius 1 is 1.06 bits per heavy atom. The third kappa shape index (κ3) is 6.23. The molecule has 3 aromatic carbocycles. The Kier molecular flexibility index (Phi) is 7.50. The average Bonchev–Trinajstić information content (AvgIpc) is 2.75. The minimum absolute atomic E-state index is 0.213. The van der Waals surface area contributed by atoms with Gasteiger partial charge in [-0.25, -0.2) is 9.82 Å². The molecule has 0 aliphatic rings. The number of hydrogen-bond acceptors (Lipinski definition) is 4. The summed E-state index contributed by atoms with van der Waals surface area (Å²) < 4.78 is 19.3. The van der Waals surface area contributed by atoms with Gasteiger partial charge in [0.15, 0.2) is 0 Å². The first-order chi connectivity index (χ1) is 15.0. The van der Waals surface area contributed by atoms with E-state index in [9.17, 15) is 14.0 Å². The lowest BCUT2D eigenvalue weighted by Crippen LogP contribution is -2.21. The van der Waals surface area contributed by atoms with Crippen LogP contribution in [-0.4, -0.2) is 24.6 Å². The molecule has 0 atom stereocenters. The minimum Gasteiger partial charge on any atom is -0.494 e. The molecule has 0 bridgehead atoms. The molecule has 6 nitrogen and oxygen atoms in total. The molecule has 0 aromatic heterocycles. The van der Waals surface area contributed by atoms with Gasteiger partial charge in [-0.3, -0.25) is 9.59 Å². The highest BCUT2D eigenvalue weighted by atomic mass is 79.9. The summed E-state index contributed by atoms with van der Waals surface area (Å²) in [6.07, 6.45) is 1.33. The van der Waals surface area contributed by atoms with E-state index in [1.807, 2.05) is 6.92 Å². The van der Waals surface area contributed by atoms with E-state index in [4.69, 9.17) is 4.74 Å². The van der Waals surface area contributed by atoms with Gasteiger partial charge in [0, 0.05) is 10.0 Å². The van der Waals surface area contributed by atoms with Crippen molar-refractivity contribution in [2.75, 3.05) is 11.9 Å². The largest absolute Gasteiger partial charge is 0.494 e. The van der Waals surface area contributed by atoms with E-state index in [2.05, 4.69) is 31.8 Å². The van der Waals surface area contributed by atoms with Crippen molar-refractivity contribution in [2.24, 2.45) is 5.10 Å². The molecular formula is C23H19BrFN3O3. The molecule has 0 aliphatic heterocycles. The van der Waals surface area contributed by atoms with Crippen LogP contribution in [-0.2, 0) is 0 Å². The highest BCUT2D eigenvalue weighted by Gasteiger charge is 2.15. The van der Waals surface area contributed by atoms with Crippen LogP contribution in [0.1, 0.15) is 33.2 Å². The average molecular weight is 484 g/mol. The lowest BCUT2D eigenvalue weighted by atomic mass is 10.1. The number of rotatable bonds is 7. The van der Waals surface area contributed by atoms with Crippen LogP contribution in [0.5, 0.6) is 5.75 Å². The van der Waals surface area contributed by atoms with Crippen molar-refractivity contribution < 1.29 is 18.7 Å². The van der Waals surface area contributed by atoms with E-state index in [0.717, 1.165) is 0 Å².